The van der Waals surface area contributed by atoms with Crippen LogP contribution >= 0.6 is 0 Å². The third-order valence-corrected chi connectivity index (χ3v) is 5.10. The van der Waals surface area contributed by atoms with Crippen LogP contribution in [-0.2, 0) is 4.79 Å². The highest BCUT2D eigenvalue weighted by Crippen LogP contribution is 2.17. The molecular formula is C18H27FN4O. The standard InChI is InChI=1S/C18H27FN4O/c1-2-20-7-9-21(10-8-20)15-18(24)23-13-11-22(12-14-23)17-5-3-16(19)4-6-17/h3-6H,2,7-15H2,1H3. The molecule has 2 heterocycles. The van der Waals surface area contributed by atoms with E-state index in [1.807, 2.05) is 4.90 Å². The van der Waals surface area contributed by atoms with Crippen LogP contribution in [-0.4, -0.2) is 86.1 Å². The molecule has 0 N–H and O–H groups in total. The van der Waals surface area contributed by atoms with Crippen LogP contribution in [0.2, 0.25) is 0 Å². The van der Waals surface area contributed by atoms with Crippen LogP contribution in [0.1, 0.15) is 6.92 Å². The van der Waals surface area contributed by atoms with Gasteiger partial charge in [-0.3, -0.25) is 9.69 Å². The van der Waals surface area contributed by atoms with Crippen LogP contribution in [0.15, 0.2) is 24.3 Å². The molecule has 2 aliphatic rings. The molecule has 24 heavy (non-hydrogen) atoms. The Morgan fingerprint density at radius 3 is 2.08 bits per heavy atom. The van der Waals surface area contributed by atoms with Crippen LogP contribution in [0.25, 0.3) is 0 Å². The molecule has 0 radical (unpaired) electrons. The molecule has 0 aliphatic carbocycles. The van der Waals surface area contributed by atoms with E-state index < -0.39 is 0 Å². The average Bonchev–Trinajstić information content (AvgIpc) is 2.63. The molecule has 2 fully saturated rings. The lowest BCUT2D eigenvalue weighted by atomic mass is 10.2. The topological polar surface area (TPSA) is 30.0 Å². The normalized spacial score (nSPS) is 20.4. The number of amides is 1. The Labute approximate surface area is 143 Å². The lowest BCUT2D eigenvalue weighted by Crippen LogP contribution is -2.53. The summed E-state index contributed by atoms with van der Waals surface area (Å²) in [5.41, 5.74) is 1.03. The number of halogens is 1. The first-order valence-corrected chi connectivity index (χ1v) is 8.88. The Kier molecular flexibility index (Phi) is 5.68. The number of hydrogen-bond donors (Lipinski definition) is 0. The number of piperazine rings is 2. The summed E-state index contributed by atoms with van der Waals surface area (Å²) in [6.45, 7) is 11.0. The zero-order valence-electron chi connectivity index (χ0n) is 14.5. The minimum Gasteiger partial charge on any atom is -0.368 e. The van der Waals surface area contributed by atoms with E-state index in [0.29, 0.717) is 6.54 Å². The Hall–Kier alpha value is -1.66. The summed E-state index contributed by atoms with van der Waals surface area (Å²) >= 11 is 0. The lowest BCUT2D eigenvalue weighted by Gasteiger charge is -2.38. The van der Waals surface area contributed by atoms with Crippen molar-refractivity contribution in [2.45, 2.75) is 6.92 Å². The molecule has 0 saturated carbocycles. The molecule has 0 atom stereocenters. The first-order chi connectivity index (χ1) is 11.7. The number of hydrogen-bond acceptors (Lipinski definition) is 4. The maximum absolute atomic E-state index is 13.0. The molecule has 0 bridgehead atoms. The quantitative estimate of drug-likeness (QED) is 0.825. The third kappa shape index (κ3) is 4.24. The van der Waals surface area contributed by atoms with Gasteiger partial charge in [0.1, 0.15) is 5.82 Å². The summed E-state index contributed by atoms with van der Waals surface area (Å²) in [5.74, 6) is 0.0226. The number of rotatable bonds is 4. The summed E-state index contributed by atoms with van der Waals surface area (Å²) < 4.78 is 13.0. The van der Waals surface area contributed by atoms with E-state index in [4.69, 9.17) is 0 Å². The fourth-order valence-corrected chi connectivity index (χ4v) is 3.42. The molecule has 0 aromatic heterocycles. The highest BCUT2D eigenvalue weighted by atomic mass is 19.1. The first kappa shape index (κ1) is 17.2. The van der Waals surface area contributed by atoms with Crippen molar-refractivity contribution in [1.82, 2.24) is 14.7 Å². The monoisotopic (exact) mass is 334 g/mol. The number of carbonyl (C=O) groups excluding carboxylic acids is 1. The highest BCUT2D eigenvalue weighted by molar-refractivity contribution is 5.78. The van der Waals surface area contributed by atoms with Gasteiger partial charge in [-0.15, -0.1) is 0 Å². The average molecular weight is 334 g/mol. The summed E-state index contributed by atoms with van der Waals surface area (Å²) in [4.78, 5) is 21.4. The SMILES string of the molecule is CCN1CCN(CC(=O)N2CCN(c3ccc(F)cc3)CC2)CC1. The minimum atomic E-state index is -0.212. The van der Waals surface area contributed by atoms with Crippen molar-refractivity contribution in [1.29, 1.82) is 0 Å². The van der Waals surface area contributed by atoms with E-state index in [9.17, 15) is 9.18 Å². The molecule has 2 saturated heterocycles. The lowest BCUT2D eigenvalue weighted by molar-refractivity contribution is -0.133. The van der Waals surface area contributed by atoms with Crippen LogP contribution in [0.3, 0.4) is 0 Å². The number of benzene rings is 1. The van der Waals surface area contributed by atoms with Gasteiger partial charge in [-0.05, 0) is 30.8 Å². The van der Waals surface area contributed by atoms with Crippen LogP contribution in [0.4, 0.5) is 10.1 Å². The fraction of sp³-hybridized carbons (Fsp3) is 0.611. The molecule has 1 aromatic carbocycles. The Balaban J connectivity index is 1.44. The van der Waals surface area contributed by atoms with Crippen molar-refractivity contribution in [3.05, 3.63) is 30.1 Å². The van der Waals surface area contributed by atoms with Crippen molar-refractivity contribution in [3.8, 4) is 0 Å². The first-order valence-electron chi connectivity index (χ1n) is 8.88. The van der Waals surface area contributed by atoms with Crippen molar-refractivity contribution >= 4 is 11.6 Å². The summed E-state index contributed by atoms with van der Waals surface area (Å²) in [6, 6.07) is 6.59. The molecule has 2 aliphatic heterocycles. The van der Waals surface area contributed by atoms with Crippen molar-refractivity contribution in [3.63, 3.8) is 0 Å². The zero-order chi connectivity index (χ0) is 16.9. The smallest absolute Gasteiger partial charge is 0.236 e. The predicted octanol–water partition coefficient (Wildman–Crippen LogP) is 1.11. The summed E-state index contributed by atoms with van der Waals surface area (Å²) in [6.07, 6.45) is 0. The third-order valence-electron chi connectivity index (χ3n) is 5.10. The minimum absolute atomic E-state index is 0.212. The van der Waals surface area contributed by atoms with E-state index in [1.165, 1.54) is 12.1 Å². The van der Waals surface area contributed by atoms with Gasteiger partial charge < -0.3 is 14.7 Å². The van der Waals surface area contributed by atoms with Gasteiger partial charge in [0.15, 0.2) is 0 Å². The van der Waals surface area contributed by atoms with Crippen molar-refractivity contribution in [2.24, 2.45) is 0 Å². The van der Waals surface area contributed by atoms with Gasteiger partial charge in [0.25, 0.3) is 0 Å². The maximum atomic E-state index is 13.0. The molecule has 0 unspecified atom stereocenters. The van der Waals surface area contributed by atoms with Gasteiger partial charge in [0, 0.05) is 58.0 Å². The Morgan fingerprint density at radius 1 is 0.917 bits per heavy atom. The summed E-state index contributed by atoms with van der Waals surface area (Å²) in [5, 5.41) is 0. The highest BCUT2D eigenvalue weighted by Gasteiger charge is 2.24. The second-order valence-corrected chi connectivity index (χ2v) is 6.55. The molecule has 3 rings (SSSR count). The van der Waals surface area contributed by atoms with E-state index in [-0.39, 0.29) is 11.7 Å². The summed E-state index contributed by atoms with van der Waals surface area (Å²) in [7, 11) is 0. The number of anilines is 1. The molecule has 0 spiro atoms. The van der Waals surface area contributed by atoms with E-state index in [1.54, 1.807) is 12.1 Å². The number of nitrogens with zero attached hydrogens (tertiary/aromatic N) is 4. The second-order valence-electron chi connectivity index (χ2n) is 6.55. The number of likely N-dealkylation sites (N-methyl/N-ethyl adjacent to an activating group) is 1. The van der Waals surface area contributed by atoms with Gasteiger partial charge in [0.2, 0.25) is 5.91 Å². The van der Waals surface area contributed by atoms with Crippen molar-refractivity contribution < 1.29 is 9.18 Å². The van der Waals surface area contributed by atoms with E-state index in [0.717, 1.165) is 64.6 Å². The van der Waals surface area contributed by atoms with Gasteiger partial charge in [-0.1, -0.05) is 6.92 Å². The maximum Gasteiger partial charge on any atom is 0.236 e. The molecule has 132 valence electrons. The zero-order valence-corrected chi connectivity index (χ0v) is 14.5. The van der Waals surface area contributed by atoms with Crippen LogP contribution in [0, 0.1) is 5.82 Å². The van der Waals surface area contributed by atoms with E-state index >= 15 is 0 Å². The Morgan fingerprint density at radius 2 is 1.50 bits per heavy atom. The van der Waals surface area contributed by atoms with Gasteiger partial charge in [0.05, 0.1) is 6.54 Å². The molecule has 1 amide bonds. The second kappa shape index (κ2) is 7.94. The largest absolute Gasteiger partial charge is 0.368 e. The number of carbonyl (C=O) groups is 1. The van der Waals surface area contributed by atoms with E-state index in [2.05, 4.69) is 21.6 Å². The molecule has 1 aromatic rings. The predicted molar refractivity (Wildman–Crippen MR) is 93.7 cm³/mol. The van der Waals surface area contributed by atoms with Gasteiger partial charge in [-0.25, -0.2) is 4.39 Å². The van der Waals surface area contributed by atoms with Crippen LogP contribution < -0.4 is 4.90 Å². The molecule has 5 nitrogen and oxygen atoms in total. The van der Waals surface area contributed by atoms with Crippen LogP contribution in [0.5, 0.6) is 0 Å². The Bertz CT molecular complexity index is 534. The molecular weight excluding hydrogens is 307 g/mol. The fourth-order valence-electron chi connectivity index (χ4n) is 3.42. The van der Waals surface area contributed by atoms with Gasteiger partial charge in [-0.2, -0.15) is 0 Å². The van der Waals surface area contributed by atoms with Crippen molar-refractivity contribution in [2.75, 3.05) is 70.3 Å². The molecule has 6 heteroatoms. The van der Waals surface area contributed by atoms with Gasteiger partial charge >= 0.3 is 0 Å².